The lowest BCUT2D eigenvalue weighted by Gasteiger charge is -2.28. The van der Waals surface area contributed by atoms with Gasteiger partial charge in [0.05, 0.1) is 19.2 Å². The van der Waals surface area contributed by atoms with Crippen LogP contribution in [-0.2, 0) is 9.53 Å². The third-order valence-electron chi connectivity index (χ3n) is 6.47. The quantitative estimate of drug-likeness (QED) is 0.441. The molecule has 1 aliphatic heterocycles. The number of carbonyl (C=O) groups is 2. The molecular formula is C26H36F4N2O4+2. The van der Waals surface area contributed by atoms with E-state index in [0.29, 0.717) is 49.8 Å². The third-order valence-corrected chi connectivity index (χ3v) is 6.47. The second-order valence-electron chi connectivity index (χ2n) is 10.6. The highest BCUT2D eigenvalue weighted by Crippen LogP contribution is 2.33. The first-order valence-electron chi connectivity index (χ1n) is 12.4. The number of quaternary nitrogens is 1. The zero-order valence-corrected chi connectivity index (χ0v) is 21.0. The molecule has 0 spiro atoms. The van der Waals surface area contributed by atoms with Gasteiger partial charge in [-0.05, 0) is 51.7 Å². The molecule has 0 bridgehead atoms. The molecule has 1 aromatic carbocycles. The second-order valence-corrected chi connectivity index (χ2v) is 10.6. The Hall–Kier alpha value is -2.62. The molecule has 10 heteroatoms. The summed E-state index contributed by atoms with van der Waals surface area (Å²) in [6, 6.07) is 4.81. The second kappa shape index (κ2) is 11.6. The molecule has 36 heavy (non-hydrogen) atoms. The molecular weight excluding hydrogens is 480 g/mol. The molecule has 2 aliphatic rings. The molecule has 6 nitrogen and oxygen atoms in total. The van der Waals surface area contributed by atoms with Gasteiger partial charge in [-0.25, -0.2) is 9.29 Å². The number of ether oxygens (including phenoxy) is 2. The third kappa shape index (κ3) is 8.50. The Morgan fingerprint density at radius 1 is 1.14 bits per heavy atom. The number of rotatable bonds is 6. The molecule has 1 aliphatic carbocycles. The molecule has 1 saturated heterocycles. The monoisotopic (exact) mass is 516 g/mol. The zero-order valence-electron chi connectivity index (χ0n) is 21.0. The molecule has 1 aromatic rings. The summed E-state index contributed by atoms with van der Waals surface area (Å²) in [6.07, 6.45) is -0.208. The lowest BCUT2D eigenvalue weighted by molar-refractivity contribution is -0.832. The average Bonchev–Trinajstić information content (AvgIpc) is 2.80. The Balaban J connectivity index is 1.46. The minimum atomic E-state index is -4.44. The van der Waals surface area contributed by atoms with Crippen molar-refractivity contribution in [3.63, 3.8) is 0 Å². The summed E-state index contributed by atoms with van der Waals surface area (Å²) in [5, 5.41) is 1.92. The fraction of sp³-hybridized carbons (Fsp3) is 0.615. The number of aromatic hydroxyl groups is 1. The maximum absolute atomic E-state index is 14.8. The topological polar surface area (TPSA) is 72.6 Å². The van der Waals surface area contributed by atoms with Crippen molar-refractivity contribution >= 4 is 17.6 Å². The van der Waals surface area contributed by atoms with Crippen molar-refractivity contribution in [1.82, 2.24) is 5.32 Å². The molecule has 0 aromatic heterocycles. The molecule has 0 radical (unpaired) electrons. The van der Waals surface area contributed by atoms with Crippen molar-refractivity contribution in [1.29, 1.82) is 0 Å². The summed E-state index contributed by atoms with van der Waals surface area (Å²) in [6.45, 7) is 6.13. The van der Waals surface area contributed by atoms with Gasteiger partial charge in [0.15, 0.2) is 6.61 Å². The number of carbonyl (C=O) groups excluding carboxylic acids is 2. The number of alkyl carbamates (subject to hydrolysis) is 2. The van der Waals surface area contributed by atoms with E-state index < -0.39 is 36.0 Å². The molecule has 3 rings (SSSR count). The van der Waals surface area contributed by atoms with Crippen molar-refractivity contribution in [2.24, 2.45) is 11.8 Å². The van der Waals surface area contributed by atoms with Crippen molar-refractivity contribution < 1.29 is 41.5 Å². The summed E-state index contributed by atoms with van der Waals surface area (Å²) in [4.78, 5) is 25.0. The van der Waals surface area contributed by atoms with Crippen LogP contribution in [0.3, 0.4) is 0 Å². The van der Waals surface area contributed by atoms with Crippen LogP contribution in [-0.4, -0.2) is 54.8 Å². The smallest absolute Gasteiger partial charge is 0.514 e. The molecule has 1 atom stereocenters. The van der Waals surface area contributed by atoms with E-state index in [1.807, 2.05) is 26.1 Å². The van der Waals surface area contributed by atoms with E-state index in [0.717, 1.165) is 23.3 Å². The Bertz CT molecular complexity index is 964. The van der Waals surface area contributed by atoms with Gasteiger partial charge in [0.1, 0.15) is 18.0 Å². The SMILES string of the molecule is CC(C)(C)OC(=O)[NH+]1CCC(C[OH+]c2ccc(C3=CCC(C(=O)NCC(F)(F)F)CC3)c(F)c2)CC1. The lowest BCUT2D eigenvalue weighted by atomic mass is 9.86. The van der Waals surface area contributed by atoms with Gasteiger partial charge in [0, 0.05) is 36.3 Å². The maximum Gasteiger partial charge on any atom is 0.514 e. The van der Waals surface area contributed by atoms with Crippen LogP contribution < -0.4 is 10.2 Å². The number of hydrogen-bond donors (Lipinski definition) is 2. The van der Waals surface area contributed by atoms with Crippen molar-refractivity contribution in [2.45, 2.75) is 64.7 Å². The summed E-state index contributed by atoms with van der Waals surface area (Å²) in [5.74, 6) is -0.723. The van der Waals surface area contributed by atoms with Crippen LogP contribution in [0, 0.1) is 17.7 Å². The number of allylic oxidation sites excluding steroid dienone is 2. The van der Waals surface area contributed by atoms with Gasteiger partial charge in [-0.3, -0.25) is 4.79 Å². The number of likely N-dealkylation sites (tertiary alicyclic amines) is 1. The number of alkyl halides is 3. The fourth-order valence-corrected chi connectivity index (χ4v) is 4.51. The molecule has 0 saturated carbocycles. The van der Waals surface area contributed by atoms with Crippen LogP contribution in [0.1, 0.15) is 58.4 Å². The molecule has 200 valence electrons. The number of hydrogen-bond acceptors (Lipinski definition) is 3. The number of nitrogens with one attached hydrogen (secondary N) is 2. The standard InChI is InChI=1S/C26H34F4N2O4/c1-25(2,3)36-24(34)32-12-10-17(11-13-32)15-35-20-8-9-21(22(27)14-20)18-4-6-19(7-5-18)23(33)31-16-26(28,29)30/h4,8-9,14,17,19H,5-7,10-13,15-16H2,1-3H3,(H,31,33)/p+2. The average molecular weight is 517 g/mol. The molecule has 3 N–H and O–H groups in total. The Kier molecular flexibility index (Phi) is 9.03. The van der Waals surface area contributed by atoms with Gasteiger partial charge in [-0.2, -0.15) is 18.0 Å². The Morgan fingerprint density at radius 3 is 2.39 bits per heavy atom. The minimum Gasteiger partial charge on any atom is -0.582 e. The van der Waals surface area contributed by atoms with Gasteiger partial charge < -0.3 is 14.8 Å². The van der Waals surface area contributed by atoms with Gasteiger partial charge in [-0.15, -0.1) is 0 Å². The van der Waals surface area contributed by atoms with Crippen molar-refractivity contribution in [3.8, 4) is 5.75 Å². The largest absolute Gasteiger partial charge is 0.582 e. The normalized spacial score (nSPS) is 23.0. The Labute approximate surface area is 209 Å². The number of piperidine rings is 1. The van der Waals surface area contributed by atoms with Crippen molar-refractivity contribution in [3.05, 3.63) is 35.7 Å². The molecule has 1 unspecified atom stereocenters. The highest BCUT2D eigenvalue weighted by Gasteiger charge is 2.33. The number of halogens is 4. The van der Waals surface area contributed by atoms with E-state index >= 15 is 0 Å². The van der Waals surface area contributed by atoms with Crippen LogP contribution in [0.4, 0.5) is 22.4 Å². The van der Waals surface area contributed by atoms with Crippen molar-refractivity contribution in [2.75, 3.05) is 26.2 Å². The van der Waals surface area contributed by atoms with E-state index in [9.17, 15) is 27.2 Å². The van der Waals surface area contributed by atoms with Crippen LogP contribution in [0.25, 0.3) is 5.57 Å². The van der Waals surface area contributed by atoms with Crippen LogP contribution in [0.15, 0.2) is 24.3 Å². The number of benzene rings is 1. The molecule has 1 heterocycles. The minimum absolute atomic E-state index is 0.221. The summed E-state index contributed by atoms with van der Waals surface area (Å²) in [7, 11) is 0. The van der Waals surface area contributed by atoms with E-state index in [1.54, 1.807) is 18.2 Å². The summed E-state index contributed by atoms with van der Waals surface area (Å²) >= 11 is 0. The predicted molar refractivity (Wildman–Crippen MR) is 127 cm³/mol. The first kappa shape index (κ1) is 28.0. The zero-order chi connectivity index (χ0) is 26.5. The Morgan fingerprint density at radius 2 is 1.83 bits per heavy atom. The molecule has 2 amide bonds. The van der Waals surface area contributed by atoms with E-state index in [4.69, 9.17) is 4.74 Å². The van der Waals surface area contributed by atoms with Gasteiger partial charge in [-0.1, -0.05) is 6.08 Å². The highest BCUT2D eigenvalue weighted by atomic mass is 19.4. The fourth-order valence-electron chi connectivity index (χ4n) is 4.51. The van der Waals surface area contributed by atoms with Crippen LogP contribution >= 0.6 is 0 Å². The number of amides is 2. The molecule has 1 fully saturated rings. The van der Waals surface area contributed by atoms with Gasteiger partial charge >= 0.3 is 12.3 Å². The first-order valence-corrected chi connectivity index (χ1v) is 12.4. The van der Waals surface area contributed by atoms with E-state index in [1.165, 1.54) is 6.07 Å². The first-order chi connectivity index (χ1) is 16.8. The van der Waals surface area contributed by atoms with Crippen LogP contribution in [0.2, 0.25) is 0 Å². The van der Waals surface area contributed by atoms with Gasteiger partial charge in [0.2, 0.25) is 5.91 Å². The summed E-state index contributed by atoms with van der Waals surface area (Å²) in [5.41, 5.74) is 0.668. The summed E-state index contributed by atoms with van der Waals surface area (Å²) < 4.78 is 61.7. The van der Waals surface area contributed by atoms with E-state index in [-0.39, 0.29) is 12.5 Å². The van der Waals surface area contributed by atoms with E-state index in [2.05, 4.69) is 4.74 Å². The highest BCUT2D eigenvalue weighted by molar-refractivity contribution is 5.80. The predicted octanol–water partition coefficient (Wildman–Crippen LogP) is 4.16. The maximum atomic E-state index is 14.8. The van der Waals surface area contributed by atoms with Gasteiger partial charge in [0.25, 0.3) is 5.75 Å². The van der Waals surface area contributed by atoms with Crippen LogP contribution in [0.5, 0.6) is 5.75 Å². The lowest BCUT2D eigenvalue weighted by Crippen LogP contribution is -3.15. The number of aliphatic hydroxyl groups is 1.